The molecule has 1 aromatic heterocycles. The first-order valence-corrected chi connectivity index (χ1v) is 8.77. The molecule has 2 aromatic carbocycles. The highest BCUT2D eigenvalue weighted by molar-refractivity contribution is 5.76. The third kappa shape index (κ3) is 4.76. The summed E-state index contributed by atoms with van der Waals surface area (Å²) in [7, 11) is 3.40. The molecule has 4 nitrogen and oxygen atoms in total. The summed E-state index contributed by atoms with van der Waals surface area (Å²) < 4.78 is 24.7. The number of amides is 1. The van der Waals surface area contributed by atoms with Gasteiger partial charge in [-0.15, -0.1) is 0 Å². The van der Waals surface area contributed by atoms with E-state index in [0.717, 1.165) is 11.3 Å². The molecule has 0 saturated carbocycles. The van der Waals surface area contributed by atoms with Gasteiger partial charge in [0.25, 0.3) is 0 Å². The van der Waals surface area contributed by atoms with E-state index in [1.807, 2.05) is 24.3 Å². The number of hydrogen-bond donors (Lipinski definition) is 0. The van der Waals surface area contributed by atoms with Crippen LogP contribution in [0.4, 0.5) is 4.39 Å². The quantitative estimate of drug-likeness (QED) is 0.609. The minimum absolute atomic E-state index is 0.0228. The summed E-state index contributed by atoms with van der Waals surface area (Å²) in [4.78, 5) is 14.1. The van der Waals surface area contributed by atoms with Crippen LogP contribution in [0.1, 0.15) is 17.7 Å². The highest BCUT2D eigenvalue weighted by Gasteiger charge is 2.13. The van der Waals surface area contributed by atoms with E-state index < -0.39 is 0 Å². The van der Waals surface area contributed by atoms with E-state index >= 15 is 0 Å². The van der Waals surface area contributed by atoms with Crippen molar-refractivity contribution in [2.75, 3.05) is 14.2 Å². The highest BCUT2D eigenvalue weighted by atomic mass is 19.1. The van der Waals surface area contributed by atoms with Crippen molar-refractivity contribution in [2.45, 2.75) is 19.4 Å². The molecule has 1 heterocycles. The molecule has 5 heteroatoms. The molecular weight excluding hydrogens is 345 g/mol. The Labute approximate surface area is 158 Å². The number of benzene rings is 2. The molecule has 27 heavy (non-hydrogen) atoms. The number of hydrogen-bond acceptors (Lipinski definition) is 3. The number of aryl methyl sites for hydroxylation is 1. The van der Waals surface area contributed by atoms with Gasteiger partial charge in [0.2, 0.25) is 5.91 Å². The van der Waals surface area contributed by atoms with E-state index in [1.54, 1.807) is 49.4 Å². The van der Waals surface area contributed by atoms with Gasteiger partial charge in [-0.1, -0.05) is 24.3 Å². The van der Waals surface area contributed by atoms with Gasteiger partial charge in [0.1, 0.15) is 23.1 Å². The molecule has 1 amide bonds. The van der Waals surface area contributed by atoms with Gasteiger partial charge in [0.05, 0.1) is 12.7 Å². The molecule has 0 spiro atoms. The zero-order valence-corrected chi connectivity index (χ0v) is 15.4. The van der Waals surface area contributed by atoms with Crippen molar-refractivity contribution in [1.29, 1.82) is 0 Å². The molecule has 0 aliphatic carbocycles. The van der Waals surface area contributed by atoms with Gasteiger partial charge in [0, 0.05) is 26.4 Å². The second-order valence-electron chi connectivity index (χ2n) is 6.34. The fraction of sp³-hybridized carbons (Fsp3) is 0.227. The Hall–Kier alpha value is -3.08. The van der Waals surface area contributed by atoms with Crippen molar-refractivity contribution in [2.24, 2.45) is 0 Å². The van der Waals surface area contributed by atoms with Gasteiger partial charge in [-0.2, -0.15) is 0 Å². The van der Waals surface area contributed by atoms with Crippen molar-refractivity contribution < 1.29 is 18.3 Å². The zero-order chi connectivity index (χ0) is 19.2. The topological polar surface area (TPSA) is 42.7 Å². The number of furan rings is 1. The Balaban J connectivity index is 1.55. The Bertz CT molecular complexity index is 902. The minimum Gasteiger partial charge on any atom is -0.497 e. The standard InChI is InChI=1S/C22H22FNO3/c1-24(15-16-7-9-17(26-2)10-8-16)22(25)14-12-18-11-13-21(27-18)19-5-3-4-6-20(19)23/h3-11,13H,12,14-15H2,1-2H3. The van der Waals surface area contributed by atoms with Gasteiger partial charge in [-0.25, -0.2) is 4.39 Å². The molecular formula is C22H22FNO3. The van der Waals surface area contributed by atoms with Crippen LogP contribution in [0.2, 0.25) is 0 Å². The number of halogens is 1. The van der Waals surface area contributed by atoms with Gasteiger partial charge in [-0.3, -0.25) is 4.79 Å². The summed E-state index contributed by atoms with van der Waals surface area (Å²) in [6.45, 7) is 0.529. The Morgan fingerprint density at radius 2 is 1.81 bits per heavy atom. The number of rotatable bonds is 7. The second-order valence-corrected chi connectivity index (χ2v) is 6.34. The summed E-state index contributed by atoms with van der Waals surface area (Å²) in [6, 6.07) is 17.6. The largest absolute Gasteiger partial charge is 0.497 e. The third-order valence-electron chi connectivity index (χ3n) is 4.39. The summed E-state index contributed by atoms with van der Waals surface area (Å²) >= 11 is 0. The SMILES string of the molecule is COc1ccc(CN(C)C(=O)CCc2ccc(-c3ccccc3F)o2)cc1. The molecule has 0 radical (unpaired) electrons. The molecule has 140 valence electrons. The minimum atomic E-state index is -0.325. The van der Waals surface area contributed by atoms with E-state index in [1.165, 1.54) is 6.07 Å². The molecule has 0 fully saturated rings. The predicted octanol–water partition coefficient (Wildman–Crippen LogP) is 4.69. The first-order valence-electron chi connectivity index (χ1n) is 8.77. The number of carbonyl (C=O) groups excluding carboxylic acids is 1. The Kier molecular flexibility index (Phi) is 5.91. The van der Waals surface area contributed by atoms with Crippen molar-refractivity contribution in [1.82, 2.24) is 4.90 Å². The molecule has 0 unspecified atom stereocenters. The molecule has 0 atom stereocenters. The molecule has 0 bridgehead atoms. The smallest absolute Gasteiger partial charge is 0.223 e. The van der Waals surface area contributed by atoms with Crippen molar-refractivity contribution >= 4 is 5.91 Å². The molecule has 0 saturated heterocycles. The van der Waals surface area contributed by atoms with Crippen LogP contribution in [0, 0.1) is 5.82 Å². The lowest BCUT2D eigenvalue weighted by molar-refractivity contribution is -0.130. The van der Waals surface area contributed by atoms with Crippen LogP contribution in [0.5, 0.6) is 5.75 Å². The van der Waals surface area contributed by atoms with E-state index in [4.69, 9.17) is 9.15 Å². The number of carbonyl (C=O) groups is 1. The first-order chi connectivity index (χ1) is 13.1. The van der Waals surface area contributed by atoms with Crippen LogP contribution in [0.15, 0.2) is 65.1 Å². The van der Waals surface area contributed by atoms with Crippen LogP contribution in [-0.2, 0) is 17.8 Å². The summed E-state index contributed by atoms with van der Waals surface area (Å²) in [5, 5.41) is 0. The fourth-order valence-electron chi connectivity index (χ4n) is 2.83. The monoisotopic (exact) mass is 367 g/mol. The average Bonchev–Trinajstić information content (AvgIpc) is 3.15. The summed E-state index contributed by atoms with van der Waals surface area (Å²) in [6.07, 6.45) is 0.803. The van der Waals surface area contributed by atoms with Crippen LogP contribution in [-0.4, -0.2) is 25.0 Å². The number of ether oxygens (including phenoxy) is 1. The van der Waals surface area contributed by atoms with Crippen molar-refractivity contribution in [3.8, 4) is 17.1 Å². The van der Waals surface area contributed by atoms with Gasteiger partial charge in [0.15, 0.2) is 0 Å². The van der Waals surface area contributed by atoms with E-state index in [0.29, 0.717) is 36.5 Å². The fourth-order valence-corrected chi connectivity index (χ4v) is 2.83. The van der Waals surface area contributed by atoms with Crippen molar-refractivity contribution in [3.05, 3.63) is 77.8 Å². The lowest BCUT2D eigenvalue weighted by atomic mass is 10.1. The normalized spacial score (nSPS) is 10.6. The molecule has 3 rings (SSSR count). The van der Waals surface area contributed by atoms with E-state index in [9.17, 15) is 9.18 Å². The Morgan fingerprint density at radius 1 is 1.07 bits per heavy atom. The van der Waals surface area contributed by atoms with Crippen LogP contribution in [0.25, 0.3) is 11.3 Å². The highest BCUT2D eigenvalue weighted by Crippen LogP contribution is 2.25. The van der Waals surface area contributed by atoms with Crippen LogP contribution < -0.4 is 4.74 Å². The van der Waals surface area contributed by atoms with Crippen molar-refractivity contribution in [3.63, 3.8) is 0 Å². The molecule has 0 N–H and O–H groups in total. The maximum atomic E-state index is 13.8. The molecule has 0 aliphatic rings. The first kappa shape index (κ1) is 18.7. The lowest BCUT2D eigenvalue weighted by Gasteiger charge is -2.17. The zero-order valence-electron chi connectivity index (χ0n) is 15.4. The average molecular weight is 367 g/mol. The summed E-state index contributed by atoms with van der Waals surface area (Å²) in [5.74, 6) is 1.63. The van der Waals surface area contributed by atoms with E-state index in [-0.39, 0.29) is 11.7 Å². The van der Waals surface area contributed by atoms with E-state index in [2.05, 4.69) is 0 Å². The van der Waals surface area contributed by atoms with Crippen LogP contribution in [0.3, 0.4) is 0 Å². The van der Waals surface area contributed by atoms with Gasteiger partial charge in [-0.05, 0) is 42.0 Å². The predicted molar refractivity (Wildman–Crippen MR) is 102 cm³/mol. The summed E-state index contributed by atoms with van der Waals surface area (Å²) in [5.41, 5.74) is 1.46. The molecule has 0 aliphatic heterocycles. The Morgan fingerprint density at radius 3 is 2.52 bits per heavy atom. The maximum Gasteiger partial charge on any atom is 0.223 e. The lowest BCUT2D eigenvalue weighted by Crippen LogP contribution is -2.26. The number of nitrogens with zero attached hydrogens (tertiary/aromatic N) is 1. The van der Waals surface area contributed by atoms with Crippen LogP contribution >= 0.6 is 0 Å². The molecule has 3 aromatic rings. The van der Waals surface area contributed by atoms with Gasteiger partial charge < -0.3 is 14.1 Å². The third-order valence-corrected chi connectivity index (χ3v) is 4.39. The number of methoxy groups -OCH3 is 1. The maximum absolute atomic E-state index is 13.8. The second kappa shape index (κ2) is 8.54. The van der Waals surface area contributed by atoms with Gasteiger partial charge >= 0.3 is 0 Å².